The van der Waals surface area contributed by atoms with Crippen LogP contribution in [-0.4, -0.2) is 35.7 Å². The van der Waals surface area contributed by atoms with Gasteiger partial charge in [0.25, 0.3) is 0 Å². The molecule has 0 bridgehead atoms. The van der Waals surface area contributed by atoms with Gasteiger partial charge in [0.05, 0.1) is 0 Å². The SMILES string of the molecule is CC1CCCC(CO)(CN2CCC3CCCCC32)C1. The molecule has 4 unspecified atom stereocenters. The number of nitrogens with zero attached hydrogens (tertiary/aromatic N) is 1. The van der Waals surface area contributed by atoms with E-state index in [9.17, 15) is 5.11 Å². The number of likely N-dealkylation sites (tertiary alicyclic amines) is 1. The molecule has 0 aromatic heterocycles. The highest BCUT2D eigenvalue weighted by molar-refractivity contribution is 4.95. The fourth-order valence-corrected chi connectivity index (χ4v) is 5.24. The molecule has 3 fully saturated rings. The summed E-state index contributed by atoms with van der Waals surface area (Å²) in [6.07, 6.45) is 12.4. The van der Waals surface area contributed by atoms with Crippen LogP contribution in [0.1, 0.15) is 64.7 Å². The third-order valence-electron chi connectivity index (χ3n) is 6.18. The zero-order chi connectivity index (χ0) is 13.3. The summed E-state index contributed by atoms with van der Waals surface area (Å²) in [7, 11) is 0. The van der Waals surface area contributed by atoms with Crippen LogP contribution in [-0.2, 0) is 0 Å². The smallest absolute Gasteiger partial charge is 0.0499 e. The first-order valence-corrected chi connectivity index (χ1v) is 8.57. The van der Waals surface area contributed by atoms with Crippen LogP contribution in [0.15, 0.2) is 0 Å². The van der Waals surface area contributed by atoms with Crippen LogP contribution in [0.4, 0.5) is 0 Å². The van der Waals surface area contributed by atoms with Crippen molar-refractivity contribution in [3.05, 3.63) is 0 Å². The fourth-order valence-electron chi connectivity index (χ4n) is 5.24. The maximum Gasteiger partial charge on any atom is 0.0499 e. The van der Waals surface area contributed by atoms with E-state index < -0.39 is 0 Å². The maximum absolute atomic E-state index is 9.99. The third-order valence-corrected chi connectivity index (χ3v) is 6.18. The molecule has 1 saturated heterocycles. The topological polar surface area (TPSA) is 23.5 Å². The molecule has 0 aromatic carbocycles. The molecule has 2 aliphatic carbocycles. The minimum absolute atomic E-state index is 0.226. The van der Waals surface area contributed by atoms with Crippen molar-refractivity contribution in [3.63, 3.8) is 0 Å². The highest BCUT2D eigenvalue weighted by atomic mass is 16.3. The summed E-state index contributed by atoms with van der Waals surface area (Å²) in [5.74, 6) is 1.79. The van der Waals surface area contributed by atoms with Gasteiger partial charge in [0.2, 0.25) is 0 Å². The second kappa shape index (κ2) is 5.73. The van der Waals surface area contributed by atoms with E-state index in [1.165, 1.54) is 70.9 Å². The van der Waals surface area contributed by atoms with Gasteiger partial charge in [0, 0.05) is 24.6 Å². The molecule has 2 nitrogen and oxygen atoms in total. The zero-order valence-electron chi connectivity index (χ0n) is 12.6. The lowest BCUT2D eigenvalue weighted by Gasteiger charge is -2.43. The van der Waals surface area contributed by atoms with Gasteiger partial charge in [-0.1, -0.05) is 32.6 Å². The molecule has 19 heavy (non-hydrogen) atoms. The van der Waals surface area contributed by atoms with Gasteiger partial charge in [-0.15, -0.1) is 0 Å². The number of hydrogen-bond donors (Lipinski definition) is 1. The Morgan fingerprint density at radius 2 is 1.95 bits per heavy atom. The van der Waals surface area contributed by atoms with Gasteiger partial charge < -0.3 is 5.11 Å². The molecule has 3 rings (SSSR count). The molecule has 1 heterocycles. The lowest BCUT2D eigenvalue weighted by atomic mass is 9.70. The van der Waals surface area contributed by atoms with E-state index in [0.29, 0.717) is 6.61 Å². The molecule has 3 aliphatic rings. The lowest BCUT2D eigenvalue weighted by molar-refractivity contribution is 0.0138. The Morgan fingerprint density at radius 3 is 2.74 bits per heavy atom. The Labute approximate surface area is 118 Å². The fraction of sp³-hybridized carbons (Fsp3) is 1.00. The molecular formula is C17H31NO. The molecule has 0 aromatic rings. The molecule has 110 valence electrons. The summed E-state index contributed by atoms with van der Waals surface area (Å²) in [5, 5.41) is 9.99. The molecule has 0 spiro atoms. The first-order chi connectivity index (χ1) is 9.22. The van der Waals surface area contributed by atoms with Gasteiger partial charge in [-0.2, -0.15) is 0 Å². The highest BCUT2D eigenvalue weighted by Crippen LogP contribution is 2.43. The summed E-state index contributed by atoms with van der Waals surface area (Å²) in [4.78, 5) is 2.76. The number of rotatable bonds is 3. The average molecular weight is 265 g/mol. The van der Waals surface area contributed by atoms with Crippen molar-refractivity contribution >= 4 is 0 Å². The first kappa shape index (κ1) is 13.9. The Bertz CT molecular complexity index is 306. The van der Waals surface area contributed by atoms with Crippen molar-refractivity contribution in [1.29, 1.82) is 0 Å². The van der Waals surface area contributed by atoms with Crippen LogP contribution in [0.3, 0.4) is 0 Å². The van der Waals surface area contributed by atoms with Gasteiger partial charge in [-0.25, -0.2) is 0 Å². The van der Waals surface area contributed by atoms with E-state index >= 15 is 0 Å². The van der Waals surface area contributed by atoms with Crippen LogP contribution in [0.2, 0.25) is 0 Å². The predicted molar refractivity (Wildman–Crippen MR) is 79.1 cm³/mol. The maximum atomic E-state index is 9.99. The summed E-state index contributed by atoms with van der Waals surface area (Å²) in [6, 6.07) is 0.856. The van der Waals surface area contributed by atoms with E-state index in [1.807, 2.05) is 0 Å². The minimum atomic E-state index is 0.226. The molecule has 4 atom stereocenters. The van der Waals surface area contributed by atoms with E-state index in [0.717, 1.165) is 17.9 Å². The lowest BCUT2D eigenvalue weighted by Crippen LogP contribution is -2.46. The van der Waals surface area contributed by atoms with Crippen LogP contribution < -0.4 is 0 Å². The van der Waals surface area contributed by atoms with Crippen molar-refractivity contribution in [2.75, 3.05) is 19.7 Å². The van der Waals surface area contributed by atoms with Crippen LogP contribution in [0.25, 0.3) is 0 Å². The van der Waals surface area contributed by atoms with E-state index in [1.54, 1.807) is 0 Å². The van der Waals surface area contributed by atoms with Gasteiger partial charge in [-0.3, -0.25) is 4.90 Å². The number of aliphatic hydroxyl groups is 1. The van der Waals surface area contributed by atoms with Gasteiger partial charge in [0.1, 0.15) is 0 Å². The molecule has 1 N–H and O–H groups in total. The average Bonchev–Trinajstić information content (AvgIpc) is 2.82. The molecular weight excluding hydrogens is 234 g/mol. The van der Waals surface area contributed by atoms with Crippen LogP contribution in [0, 0.1) is 17.3 Å². The summed E-state index contributed by atoms with van der Waals surface area (Å²) < 4.78 is 0. The van der Waals surface area contributed by atoms with Crippen molar-refractivity contribution in [2.24, 2.45) is 17.3 Å². The van der Waals surface area contributed by atoms with Crippen molar-refractivity contribution in [3.8, 4) is 0 Å². The van der Waals surface area contributed by atoms with Gasteiger partial charge >= 0.3 is 0 Å². The third kappa shape index (κ3) is 2.85. The number of hydrogen-bond acceptors (Lipinski definition) is 2. The second-order valence-electron chi connectivity index (χ2n) is 7.73. The molecule has 0 amide bonds. The van der Waals surface area contributed by atoms with Gasteiger partial charge in [-0.05, 0) is 50.5 Å². The second-order valence-corrected chi connectivity index (χ2v) is 7.73. The Kier molecular flexibility index (Phi) is 4.19. The van der Waals surface area contributed by atoms with Crippen LogP contribution >= 0.6 is 0 Å². The summed E-state index contributed by atoms with van der Waals surface area (Å²) in [6.45, 7) is 5.25. The normalized spacial score (nSPS) is 44.2. The Balaban J connectivity index is 1.65. The predicted octanol–water partition coefficient (Wildman–Crippen LogP) is 3.44. The quantitative estimate of drug-likeness (QED) is 0.845. The number of fused-ring (bicyclic) bond motifs is 1. The van der Waals surface area contributed by atoms with Gasteiger partial charge in [0.15, 0.2) is 0 Å². The first-order valence-electron chi connectivity index (χ1n) is 8.57. The Hall–Kier alpha value is -0.0800. The summed E-state index contributed by atoms with van der Waals surface area (Å²) in [5.41, 5.74) is 0.226. The molecule has 0 radical (unpaired) electrons. The highest BCUT2D eigenvalue weighted by Gasteiger charge is 2.42. The Morgan fingerprint density at radius 1 is 1.11 bits per heavy atom. The minimum Gasteiger partial charge on any atom is -0.396 e. The standard InChI is InChI=1S/C17H31NO/c1-14-5-4-9-17(11-14,13-19)12-18-10-8-15-6-2-3-7-16(15)18/h14-16,19H,2-13H2,1H3. The molecule has 1 aliphatic heterocycles. The van der Waals surface area contributed by atoms with E-state index in [4.69, 9.17) is 0 Å². The van der Waals surface area contributed by atoms with E-state index in [-0.39, 0.29) is 5.41 Å². The molecule has 2 saturated carbocycles. The summed E-state index contributed by atoms with van der Waals surface area (Å²) >= 11 is 0. The van der Waals surface area contributed by atoms with Crippen molar-refractivity contribution in [2.45, 2.75) is 70.8 Å². The molecule has 2 heteroatoms. The van der Waals surface area contributed by atoms with Crippen molar-refractivity contribution in [1.82, 2.24) is 4.90 Å². The largest absolute Gasteiger partial charge is 0.396 e. The zero-order valence-corrected chi connectivity index (χ0v) is 12.6. The van der Waals surface area contributed by atoms with E-state index in [2.05, 4.69) is 11.8 Å². The van der Waals surface area contributed by atoms with Crippen molar-refractivity contribution < 1.29 is 5.11 Å². The monoisotopic (exact) mass is 265 g/mol. The van der Waals surface area contributed by atoms with Crippen LogP contribution in [0.5, 0.6) is 0 Å². The number of aliphatic hydroxyl groups excluding tert-OH is 1.